The Kier molecular flexibility index (Phi) is 4.70. The summed E-state index contributed by atoms with van der Waals surface area (Å²) in [5.74, 6) is 0.252. The van der Waals surface area contributed by atoms with E-state index in [1.807, 2.05) is 0 Å². The number of aromatic nitrogens is 1. The average molecular weight is 247 g/mol. The second-order valence-corrected chi connectivity index (χ2v) is 4.98. The SMILES string of the molecule is Nc1ccncc1CC(=O)CCC1CCCCN1. The van der Waals surface area contributed by atoms with Crippen LogP contribution in [-0.2, 0) is 11.2 Å². The maximum Gasteiger partial charge on any atom is 0.137 e. The fourth-order valence-electron chi connectivity index (χ4n) is 2.39. The van der Waals surface area contributed by atoms with E-state index in [9.17, 15) is 4.79 Å². The molecule has 2 rings (SSSR count). The number of anilines is 1. The Labute approximate surface area is 108 Å². The van der Waals surface area contributed by atoms with Gasteiger partial charge in [-0.15, -0.1) is 0 Å². The van der Waals surface area contributed by atoms with Crippen LogP contribution in [0.25, 0.3) is 0 Å². The van der Waals surface area contributed by atoms with Crippen LogP contribution in [0.3, 0.4) is 0 Å². The van der Waals surface area contributed by atoms with Crippen LogP contribution in [0, 0.1) is 0 Å². The number of nitrogen functional groups attached to an aromatic ring is 1. The van der Waals surface area contributed by atoms with E-state index < -0.39 is 0 Å². The lowest BCUT2D eigenvalue weighted by molar-refractivity contribution is -0.118. The highest BCUT2D eigenvalue weighted by molar-refractivity contribution is 5.82. The van der Waals surface area contributed by atoms with Crippen molar-refractivity contribution in [1.29, 1.82) is 0 Å². The monoisotopic (exact) mass is 247 g/mol. The lowest BCUT2D eigenvalue weighted by atomic mass is 9.97. The minimum Gasteiger partial charge on any atom is -0.398 e. The number of ketones is 1. The van der Waals surface area contributed by atoms with Crippen molar-refractivity contribution in [2.75, 3.05) is 12.3 Å². The number of carbonyl (C=O) groups excluding carboxylic acids is 1. The van der Waals surface area contributed by atoms with E-state index in [-0.39, 0.29) is 5.78 Å². The van der Waals surface area contributed by atoms with Gasteiger partial charge in [0.2, 0.25) is 0 Å². The van der Waals surface area contributed by atoms with Crippen molar-refractivity contribution in [2.24, 2.45) is 0 Å². The van der Waals surface area contributed by atoms with Gasteiger partial charge in [0.25, 0.3) is 0 Å². The molecule has 0 amide bonds. The van der Waals surface area contributed by atoms with Crippen molar-refractivity contribution in [3.05, 3.63) is 24.0 Å². The molecule has 4 heteroatoms. The Morgan fingerprint density at radius 2 is 2.39 bits per heavy atom. The van der Waals surface area contributed by atoms with Crippen LogP contribution < -0.4 is 11.1 Å². The van der Waals surface area contributed by atoms with Crippen molar-refractivity contribution in [3.63, 3.8) is 0 Å². The van der Waals surface area contributed by atoms with E-state index in [0.29, 0.717) is 24.6 Å². The summed E-state index contributed by atoms with van der Waals surface area (Å²) >= 11 is 0. The highest BCUT2D eigenvalue weighted by atomic mass is 16.1. The molecule has 1 aliphatic heterocycles. The Morgan fingerprint density at radius 3 is 3.11 bits per heavy atom. The van der Waals surface area contributed by atoms with Crippen molar-refractivity contribution >= 4 is 11.5 Å². The minimum absolute atomic E-state index is 0.252. The van der Waals surface area contributed by atoms with Gasteiger partial charge in [0.15, 0.2) is 0 Å². The molecule has 1 aromatic rings. The summed E-state index contributed by atoms with van der Waals surface area (Å²) in [6.45, 7) is 1.09. The molecule has 2 heterocycles. The molecule has 1 aromatic heterocycles. The molecule has 18 heavy (non-hydrogen) atoms. The van der Waals surface area contributed by atoms with Crippen molar-refractivity contribution in [3.8, 4) is 0 Å². The fourth-order valence-corrected chi connectivity index (χ4v) is 2.39. The summed E-state index contributed by atoms with van der Waals surface area (Å²) < 4.78 is 0. The number of nitrogens with one attached hydrogen (secondary N) is 1. The number of rotatable bonds is 5. The number of piperidine rings is 1. The quantitative estimate of drug-likeness (QED) is 0.831. The van der Waals surface area contributed by atoms with Crippen LogP contribution in [0.1, 0.15) is 37.7 Å². The molecule has 1 unspecified atom stereocenters. The highest BCUT2D eigenvalue weighted by Crippen LogP contribution is 2.14. The van der Waals surface area contributed by atoms with Crippen molar-refractivity contribution in [1.82, 2.24) is 10.3 Å². The molecule has 1 fully saturated rings. The van der Waals surface area contributed by atoms with Crippen molar-refractivity contribution < 1.29 is 4.79 Å². The number of pyridine rings is 1. The lowest BCUT2D eigenvalue weighted by Crippen LogP contribution is -2.34. The molecule has 3 N–H and O–H groups in total. The van der Waals surface area contributed by atoms with Crippen LogP contribution in [-0.4, -0.2) is 23.4 Å². The first kappa shape index (κ1) is 13.0. The van der Waals surface area contributed by atoms with Gasteiger partial charge >= 0.3 is 0 Å². The van der Waals surface area contributed by atoms with Gasteiger partial charge in [-0.05, 0) is 31.9 Å². The number of hydrogen-bond acceptors (Lipinski definition) is 4. The van der Waals surface area contributed by atoms with E-state index in [1.165, 1.54) is 19.3 Å². The summed E-state index contributed by atoms with van der Waals surface area (Å²) in [6, 6.07) is 2.26. The molecular formula is C14H21N3O. The third kappa shape index (κ3) is 3.81. The number of nitrogens with two attached hydrogens (primary N) is 1. The van der Waals surface area contributed by atoms with Gasteiger partial charge in [0, 0.05) is 42.5 Å². The molecule has 0 aromatic carbocycles. The van der Waals surface area contributed by atoms with Gasteiger partial charge in [-0.2, -0.15) is 0 Å². The van der Waals surface area contributed by atoms with E-state index >= 15 is 0 Å². The molecule has 1 saturated heterocycles. The maximum absolute atomic E-state index is 11.9. The predicted octanol–water partition coefficient (Wildman–Crippen LogP) is 1.70. The molecule has 0 saturated carbocycles. The Bertz CT molecular complexity index is 400. The zero-order valence-electron chi connectivity index (χ0n) is 10.7. The third-order valence-corrected chi connectivity index (χ3v) is 3.51. The molecule has 1 aliphatic rings. The van der Waals surface area contributed by atoms with E-state index in [1.54, 1.807) is 18.5 Å². The zero-order valence-corrected chi connectivity index (χ0v) is 10.7. The Hall–Kier alpha value is -1.42. The maximum atomic E-state index is 11.9. The van der Waals surface area contributed by atoms with Crippen LogP contribution in [0.4, 0.5) is 5.69 Å². The lowest BCUT2D eigenvalue weighted by Gasteiger charge is -2.23. The standard InChI is InChI=1S/C14H21N3O/c15-14-6-8-16-10-11(14)9-13(18)5-4-12-3-1-2-7-17-12/h6,8,10,12,17H,1-5,7,9H2,(H2,15,16). The first-order chi connectivity index (χ1) is 8.75. The first-order valence-electron chi connectivity index (χ1n) is 6.69. The van der Waals surface area contributed by atoms with Gasteiger partial charge < -0.3 is 11.1 Å². The van der Waals surface area contributed by atoms with Crippen molar-refractivity contribution in [2.45, 2.75) is 44.6 Å². The van der Waals surface area contributed by atoms with Gasteiger partial charge in [0.05, 0.1) is 0 Å². The molecular weight excluding hydrogens is 226 g/mol. The largest absolute Gasteiger partial charge is 0.398 e. The van der Waals surface area contributed by atoms with Crippen LogP contribution >= 0.6 is 0 Å². The highest BCUT2D eigenvalue weighted by Gasteiger charge is 2.14. The second kappa shape index (κ2) is 6.50. The van der Waals surface area contributed by atoms with E-state index in [0.717, 1.165) is 18.5 Å². The molecule has 0 spiro atoms. The summed E-state index contributed by atoms with van der Waals surface area (Å²) in [5, 5.41) is 3.46. The molecule has 1 atom stereocenters. The summed E-state index contributed by atoms with van der Waals surface area (Å²) in [4.78, 5) is 15.9. The van der Waals surface area contributed by atoms with Crippen LogP contribution in [0.15, 0.2) is 18.5 Å². The van der Waals surface area contributed by atoms with Crippen LogP contribution in [0.2, 0.25) is 0 Å². The van der Waals surface area contributed by atoms with E-state index in [4.69, 9.17) is 5.73 Å². The predicted molar refractivity (Wildman–Crippen MR) is 72.2 cm³/mol. The van der Waals surface area contributed by atoms with Crippen LogP contribution in [0.5, 0.6) is 0 Å². The third-order valence-electron chi connectivity index (χ3n) is 3.51. The first-order valence-corrected chi connectivity index (χ1v) is 6.69. The number of nitrogens with zero attached hydrogens (tertiary/aromatic N) is 1. The average Bonchev–Trinajstić information content (AvgIpc) is 2.40. The summed E-state index contributed by atoms with van der Waals surface area (Å²) in [7, 11) is 0. The van der Waals surface area contributed by atoms with E-state index in [2.05, 4.69) is 10.3 Å². The minimum atomic E-state index is 0.252. The summed E-state index contributed by atoms with van der Waals surface area (Å²) in [5.41, 5.74) is 7.31. The van der Waals surface area contributed by atoms with Gasteiger partial charge in [-0.1, -0.05) is 6.42 Å². The molecule has 0 radical (unpaired) electrons. The fraction of sp³-hybridized carbons (Fsp3) is 0.571. The molecule has 98 valence electrons. The topological polar surface area (TPSA) is 68.0 Å². The number of hydrogen-bond donors (Lipinski definition) is 2. The Morgan fingerprint density at radius 1 is 1.50 bits per heavy atom. The summed E-state index contributed by atoms with van der Waals surface area (Å²) in [6.07, 6.45) is 9.05. The van der Waals surface area contributed by atoms with Gasteiger partial charge in [-0.3, -0.25) is 9.78 Å². The van der Waals surface area contributed by atoms with Gasteiger partial charge in [-0.25, -0.2) is 0 Å². The number of Topliss-reactive ketones (excluding diaryl/α,β-unsaturated/α-hetero) is 1. The second-order valence-electron chi connectivity index (χ2n) is 4.98. The molecule has 0 aliphatic carbocycles. The zero-order chi connectivity index (χ0) is 12.8. The number of carbonyl (C=O) groups is 1. The smallest absolute Gasteiger partial charge is 0.137 e. The Balaban J connectivity index is 1.76. The molecule has 0 bridgehead atoms. The normalized spacial score (nSPS) is 19.7. The molecule has 4 nitrogen and oxygen atoms in total. The van der Waals surface area contributed by atoms with Gasteiger partial charge in [0.1, 0.15) is 5.78 Å².